The second-order valence-corrected chi connectivity index (χ2v) is 3.19. The Balaban J connectivity index is 3.13. The third kappa shape index (κ3) is 2.55. The Hall–Kier alpha value is -1.93. The van der Waals surface area contributed by atoms with Gasteiger partial charge in [0.1, 0.15) is 11.9 Å². The van der Waals surface area contributed by atoms with Crippen molar-refractivity contribution in [1.29, 1.82) is 5.26 Å². The Bertz CT molecular complexity index is 452. The summed E-state index contributed by atoms with van der Waals surface area (Å²) in [4.78, 5) is 11.0. The lowest BCUT2D eigenvalue weighted by atomic mass is 10.0. The molecule has 16 heavy (non-hydrogen) atoms. The van der Waals surface area contributed by atoms with E-state index in [1.165, 1.54) is 19.2 Å². The molecule has 0 unspecified atom stereocenters. The maximum atomic E-state index is 13.5. The number of benzene rings is 1. The molecule has 0 fully saturated rings. The van der Waals surface area contributed by atoms with Gasteiger partial charge in [-0.25, -0.2) is 4.39 Å². The Labute approximate surface area is 92.4 Å². The van der Waals surface area contributed by atoms with E-state index in [2.05, 4.69) is 4.74 Å². The number of nitrogens with two attached hydrogens (primary N) is 1. The summed E-state index contributed by atoms with van der Waals surface area (Å²) < 4.78 is 17.9. The van der Waals surface area contributed by atoms with Crippen LogP contribution in [0.3, 0.4) is 0 Å². The highest BCUT2D eigenvalue weighted by molar-refractivity contribution is 5.72. The minimum atomic E-state index is -0.626. The van der Waals surface area contributed by atoms with Crippen molar-refractivity contribution in [2.24, 2.45) is 5.73 Å². The Kier molecular flexibility index (Phi) is 3.97. The van der Waals surface area contributed by atoms with Crippen LogP contribution in [0.2, 0.25) is 0 Å². The summed E-state index contributed by atoms with van der Waals surface area (Å²) in [6, 6.07) is 4.51. The SMILES string of the molecule is COC(=O)Cc1cc(C#N)c(F)c(CN)c1. The van der Waals surface area contributed by atoms with Crippen molar-refractivity contribution in [3.8, 4) is 6.07 Å². The molecule has 0 saturated carbocycles. The van der Waals surface area contributed by atoms with Crippen molar-refractivity contribution >= 4 is 5.97 Å². The molecule has 1 aromatic rings. The number of ether oxygens (including phenoxy) is 1. The van der Waals surface area contributed by atoms with Crippen LogP contribution in [0.5, 0.6) is 0 Å². The minimum absolute atomic E-state index is 0.00153. The zero-order chi connectivity index (χ0) is 12.1. The number of esters is 1. The van der Waals surface area contributed by atoms with Gasteiger partial charge in [0.2, 0.25) is 0 Å². The van der Waals surface area contributed by atoms with Gasteiger partial charge in [-0.15, -0.1) is 0 Å². The third-order valence-corrected chi connectivity index (χ3v) is 2.12. The lowest BCUT2D eigenvalue weighted by Gasteiger charge is -2.06. The molecule has 0 bridgehead atoms. The molecule has 0 aliphatic carbocycles. The van der Waals surface area contributed by atoms with Crippen molar-refractivity contribution in [1.82, 2.24) is 0 Å². The Morgan fingerprint density at radius 1 is 1.62 bits per heavy atom. The first-order valence-electron chi connectivity index (χ1n) is 4.60. The number of carbonyl (C=O) groups excluding carboxylic acids is 1. The van der Waals surface area contributed by atoms with Gasteiger partial charge in [-0.3, -0.25) is 4.79 Å². The molecule has 0 aliphatic heterocycles. The van der Waals surface area contributed by atoms with E-state index >= 15 is 0 Å². The van der Waals surface area contributed by atoms with Crippen molar-refractivity contribution < 1.29 is 13.9 Å². The number of methoxy groups -OCH3 is 1. The van der Waals surface area contributed by atoms with Gasteiger partial charge in [0.05, 0.1) is 19.1 Å². The maximum absolute atomic E-state index is 13.5. The van der Waals surface area contributed by atoms with Crippen LogP contribution in [-0.2, 0) is 22.5 Å². The van der Waals surface area contributed by atoms with Crippen molar-refractivity contribution in [3.05, 3.63) is 34.6 Å². The fourth-order valence-electron chi connectivity index (χ4n) is 1.32. The van der Waals surface area contributed by atoms with E-state index in [4.69, 9.17) is 11.0 Å². The Morgan fingerprint density at radius 3 is 2.81 bits per heavy atom. The average Bonchev–Trinajstić information content (AvgIpc) is 2.30. The van der Waals surface area contributed by atoms with Crippen LogP contribution in [0, 0.1) is 17.1 Å². The van der Waals surface area contributed by atoms with E-state index in [1.807, 2.05) is 0 Å². The highest BCUT2D eigenvalue weighted by Crippen LogP contribution is 2.16. The monoisotopic (exact) mass is 222 g/mol. The molecular formula is C11H11FN2O2. The summed E-state index contributed by atoms with van der Waals surface area (Å²) in [7, 11) is 1.26. The van der Waals surface area contributed by atoms with Gasteiger partial charge in [0.25, 0.3) is 0 Å². The van der Waals surface area contributed by atoms with Crippen LogP contribution < -0.4 is 5.73 Å². The second kappa shape index (κ2) is 5.24. The summed E-state index contributed by atoms with van der Waals surface area (Å²) in [6.45, 7) is -0.0183. The first kappa shape index (κ1) is 12.1. The molecule has 1 aromatic carbocycles. The number of carbonyl (C=O) groups is 1. The van der Waals surface area contributed by atoms with Gasteiger partial charge in [-0.05, 0) is 11.6 Å². The number of halogens is 1. The normalized spacial score (nSPS) is 9.62. The summed E-state index contributed by atoms with van der Waals surface area (Å²) in [6.07, 6.45) is -0.00153. The van der Waals surface area contributed by atoms with E-state index in [0.717, 1.165) is 0 Å². The zero-order valence-corrected chi connectivity index (χ0v) is 8.79. The molecule has 5 heteroatoms. The second-order valence-electron chi connectivity index (χ2n) is 3.19. The molecule has 4 nitrogen and oxygen atoms in total. The van der Waals surface area contributed by atoms with Gasteiger partial charge in [-0.1, -0.05) is 6.07 Å². The topological polar surface area (TPSA) is 76.1 Å². The maximum Gasteiger partial charge on any atom is 0.309 e. The molecule has 0 aromatic heterocycles. The molecular weight excluding hydrogens is 211 g/mol. The predicted molar refractivity (Wildman–Crippen MR) is 54.7 cm³/mol. The molecule has 1 rings (SSSR count). The number of nitriles is 1. The Morgan fingerprint density at radius 2 is 2.31 bits per heavy atom. The lowest BCUT2D eigenvalue weighted by molar-refractivity contribution is -0.139. The van der Waals surface area contributed by atoms with Gasteiger partial charge in [-0.2, -0.15) is 5.26 Å². The third-order valence-electron chi connectivity index (χ3n) is 2.12. The van der Waals surface area contributed by atoms with Crippen LogP contribution in [0.4, 0.5) is 4.39 Å². The van der Waals surface area contributed by atoms with Crippen LogP contribution in [0.15, 0.2) is 12.1 Å². The molecule has 0 radical (unpaired) electrons. The van der Waals surface area contributed by atoms with Gasteiger partial charge >= 0.3 is 5.97 Å². The number of hydrogen-bond donors (Lipinski definition) is 1. The summed E-state index contributed by atoms with van der Waals surface area (Å²) in [5.41, 5.74) is 5.97. The number of nitrogens with zero attached hydrogens (tertiary/aromatic N) is 1. The smallest absolute Gasteiger partial charge is 0.309 e. The van der Waals surface area contributed by atoms with E-state index in [1.54, 1.807) is 6.07 Å². The molecule has 0 amide bonds. The largest absolute Gasteiger partial charge is 0.469 e. The van der Waals surface area contributed by atoms with Gasteiger partial charge in [0.15, 0.2) is 0 Å². The zero-order valence-electron chi connectivity index (χ0n) is 8.79. The molecule has 0 atom stereocenters. The fraction of sp³-hybridized carbons (Fsp3) is 0.273. The first-order valence-corrected chi connectivity index (χ1v) is 4.60. The van der Waals surface area contributed by atoms with Crippen LogP contribution >= 0.6 is 0 Å². The van der Waals surface area contributed by atoms with Crippen LogP contribution in [-0.4, -0.2) is 13.1 Å². The quantitative estimate of drug-likeness (QED) is 0.770. The molecule has 2 N–H and O–H groups in total. The number of hydrogen-bond acceptors (Lipinski definition) is 4. The molecule has 0 heterocycles. The van der Waals surface area contributed by atoms with E-state index in [9.17, 15) is 9.18 Å². The van der Waals surface area contributed by atoms with Crippen molar-refractivity contribution in [2.75, 3.05) is 7.11 Å². The van der Waals surface area contributed by atoms with Crippen molar-refractivity contribution in [2.45, 2.75) is 13.0 Å². The minimum Gasteiger partial charge on any atom is -0.469 e. The average molecular weight is 222 g/mol. The van der Waals surface area contributed by atoms with Crippen LogP contribution in [0.1, 0.15) is 16.7 Å². The lowest BCUT2D eigenvalue weighted by Crippen LogP contribution is -2.08. The predicted octanol–water partition coefficient (Wildman–Crippen LogP) is 0.872. The first-order chi connectivity index (χ1) is 7.62. The summed E-state index contributed by atoms with van der Waals surface area (Å²) in [5, 5.41) is 8.71. The molecule has 0 saturated heterocycles. The highest BCUT2D eigenvalue weighted by atomic mass is 19.1. The highest BCUT2D eigenvalue weighted by Gasteiger charge is 2.11. The summed E-state index contributed by atoms with van der Waals surface area (Å²) >= 11 is 0. The van der Waals surface area contributed by atoms with Crippen LogP contribution in [0.25, 0.3) is 0 Å². The molecule has 0 spiro atoms. The van der Waals surface area contributed by atoms with E-state index in [-0.39, 0.29) is 24.1 Å². The van der Waals surface area contributed by atoms with Crippen molar-refractivity contribution in [3.63, 3.8) is 0 Å². The molecule has 0 aliphatic rings. The van der Waals surface area contributed by atoms with Gasteiger partial charge < -0.3 is 10.5 Å². The molecule has 84 valence electrons. The summed E-state index contributed by atoms with van der Waals surface area (Å²) in [5.74, 6) is -1.07. The van der Waals surface area contributed by atoms with E-state index in [0.29, 0.717) is 5.56 Å². The number of rotatable bonds is 3. The van der Waals surface area contributed by atoms with E-state index < -0.39 is 11.8 Å². The fourth-order valence-corrected chi connectivity index (χ4v) is 1.32. The van der Waals surface area contributed by atoms with Gasteiger partial charge in [0, 0.05) is 12.1 Å². The standard InChI is InChI=1S/C11H11FN2O2/c1-16-10(15)4-7-2-8(5-13)11(12)9(3-7)6-14/h2-3H,4-5,13H2,1H3.